The molecule has 0 atom stereocenters. The molecule has 34 heavy (non-hydrogen) atoms. The normalized spacial score (nSPS) is 13.2. The summed E-state index contributed by atoms with van der Waals surface area (Å²) in [5, 5.41) is 21.4. The van der Waals surface area contributed by atoms with E-state index in [-0.39, 0.29) is 24.3 Å². The van der Waals surface area contributed by atoms with E-state index in [1.165, 1.54) is 6.42 Å². The van der Waals surface area contributed by atoms with Crippen LogP contribution in [0, 0.1) is 0 Å². The second-order valence-electron chi connectivity index (χ2n) is 8.19. The maximum Gasteiger partial charge on any atom is 0.273 e. The minimum absolute atomic E-state index is 0.134. The summed E-state index contributed by atoms with van der Waals surface area (Å²) in [5.74, 6) is 0.693. The molecular weight excluding hydrogens is 436 g/mol. The Balaban J connectivity index is 1.18. The predicted molar refractivity (Wildman–Crippen MR) is 123 cm³/mol. The Labute approximate surface area is 197 Å². The number of nitrogens with one attached hydrogen (secondary N) is 2. The van der Waals surface area contributed by atoms with Crippen LogP contribution in [0.3, 0.4) is 0 Å². The van der Waals surface area contributed by atoms with Crippen LogP contribution in [0.1, 0.15) is 54.0 Å². The van der Waals surface area contributed by atoms with E-state index < -0.39 is 0 Å². The highest BCUT2D eigenvalue weighted by Gasteiger charge is 2.19. The number of carbonyl (C=O) groups excluding carboxylic acids is 2. The fourth-order valence-electron chi connectivity index (χ4n) is 3.44. The molecule has 1 saturated carbocycles. The van der Waals surface area contributed by atoms with E-state index in [2.05, 4.69) is 36.1 Å². The third-order valence-electron chi connectivity index (χ3n) is 5.54. The molecule has 4 rings (SSSR count). The molecule has 0 aliphatic heterocycles. The van der Waals surface area contributed by atoms with Gasteiger partial charge in [0.1, 0.15) is 5.75 Å². The Hall–Kier alpha value is -3.89. The maximum atomic E-state index is 12.4. The number of ether oxygens (including phenoxy) is 1. The van der Waals surface area contributed by atoms with Crippen molar-refractivity contribution in [3.05, 3.63) is 53.7 Å². The Morgan fingerprint density at radius 2 is 2.00 bits per heavy atom. The summed E-state index contributed by atoms with van der Waals surface area (Å²) in [6, 6.07) is 7.23. The Morgan fingerprint density at radius 1 is 1.12 bits per heavy atom. The molecule has 0 radical (unpaired) electrons. The Kier molecular flexibility index (Phi) is 7.74. The largest absolute Gasteiger partial charge is 0.490 e. The Morgan fingerprint density at radius 3 is 2.74 bits per heavy atom. The van der Waals surface area contributed by atoms with Gasteiger partial charge in [-0.05, 0) is 56.7 Å². The van der Waals surface area contributed by atoms with E-state index in [1.54, 1.807) is 30.2 Å². The number of anilines is 1. The molecule has 2 amide bonds. The summed E-state index contributed by atoms with van der Waals surface area (Å²) in [6.07, 6.45) is 9.54. The minimum Gasteiger partial charge on any atom is -0.490 e. The van der Waals surface area contributed by atoms with Crippen molar-refractivity contribution >= 4 is 17.6 Å². The van der Waals surface area contributed by atoms with Gasteiger partial charge in [0.25, 0.3) is 5.91 Å². The van der Waals surface area contributed by atoms with Crippen LogP contribution in [0.2, 0.25) is 0 Å². The van der Waals surface area contributed by atoms with Crippen LogP contribution in [0.5, 0.6) is 5.75 Å². The molecule has 0 unspecified atom stereocenters. The smallest absolute Gasteiger partial charge is 0.273 e. The van der Waals surface area contributed by atoms with Crippen LogP contribution in [0.4, 0.5) is 5.82 Å². The average molecular weight is 465 g/mol. The molecule has 1 aliphatic rings. The van der Waals surface area contributed by atoms with Gasteiger partial charge in [-0.2, -0.15) is 5.10 Å². The van der Waals surface area contributed by atoms with Crippen LogP contribution >= 0.6 is 0 Å². The first kappa shape index (κ1) is 23.3. The van der Waals surface area contributed by atoms with Gasteiger partial charge in [-0.1, -0.05) is 5.21 Å². The van der Waals surface area contributed by atoms with Crippen LogP contribution in [0.25, 0.3) is 0 Å². The SMILES string of the molecule is CNC(=O)c1cn(CCCCc2ccc(NC(=O)Cc3cc(OC4CCC4)ccn3)nn2)nn1. The third kappa shape index (κ3) is 6.56. The van der Waals surface area contributed by atoms with Gasteiger partial charge >= 0.3 is 0 Å². The molecule has 11 heteroatoms. The van der Waals surface area contributed by atoms with Crippen molar-refractivity contribution in [1.82, 2.24) is 35.5 Å². The van der Waals surface area contributed by atoms with E-state index in [1.807, 2.05) is 18.2 Å². The van der Waals surface area contributed by atoms with Crippen molar-refractivity contribution in [2.24, 2.45) is 0 Å². The fourth-order valence-corrected chi connectivity index (χ4v) is 3.44. The van der Waals surface area contributed by atoms with Gasteiger partial charge in [-0.25, -0.2) is 0 Å². The monoisotopic (exact) mass is 464 g/mol. The molecule has 2 N–H and O–H groups in total. The lowest BCUT2D eigenvalue weighted by Gasteiger charge is -2.26. The van der Waals surface area contributed by atoms with Crippen LogP contribution in [-0.2, 0) is 24.2 Å². The summed E-state index contributed by atoms with van der Waals surface area (Å²) in [6.45, 7) is 0.659. The molecule has 0 bridgehead atoms. The number of pyridine rings is 1. The highest BCUT2D eigenvalue weighted by atomic mass is 16.5. The number of hydrogen-bond acceptors (Lipinski definition) is 8. The number of aryl methyl sites for hydroxylation is 2. The second kappa shape index (κ2) is 11.3. The number of carbonyl (C=O) groups is 2. The lowest BCUT2D eigenvalue weighted by molar-refractivity contribution is -0.115. The quantitative estimate of drug-likeness (QED) is 0.411. The van der Waals surface area contributed by atoms with Crippen LogP contribution in [0.15, 0.2) is 36.7 Å². The molecule has 11 nitrogen and oxygen atoms in total. The van der Waals surface area contributed by atoms with E-state index in [9.17, 15) is 9.59 Å². The number of hydrogen-bond donors (Lipinski definition) is 2. The molecule has 3 aromatic rings. The maximum absolute atomic E-state index is 12.4. The van der Waals surface area contributed by atoms with Crippen molar-refractivity contribution in [3.8, 4) is 5.75 Å². The minimum atomic E-state index is -0.253. The molecular formula is C23H28N8O3. The van der Waals surface area contributed by atoms with Gasteiger partial charge in [0.05, 0.1) is 30.1 Å². The van der Waals surface area contributed by atoms with Gasteiger partial charge in [0, 0.05) is 25.9 Å². The van der Waals surface area contributed by atoms with Crippen molar-refractivity contribution in [1.29, 1.82) is 0 Å². The lowest BCUT2D eigenvalue weighted by Crippen LogP contribution is -2.24. The molecule has 3 aromatic heterocycles. The van der Waals surface area contributed by atoms with E-state index in [0.717, 1.165) is 43.5 Å². The zero-order chi connectivity index (χ0) is 23.8. The zero-order valence-corrected chi connectivity index (χ0v) is 19.1. The number of unbranched alkanes of at least 4 members (excludes halogenated alkanes) is 1. The van der Waals surface area contributed by atoms with E-state index >= 15 is 0 Å². The highest BCUT2D eigenvalue weighted by molar-refractivity contribution is 5.91. The summed E-state index contributed by atoms with van der Waals surface area (Å²) in [7, 11) is 1.56. The second-order valence-corrected chi connectivity index (χ2v) is 8.19. The highest BCUT2D eigenvalue weighted by Crippen LogP contribution is 2.25. The molecule has 3 heterocycles. The molecule has 1 fully saturated rings. The molecule has 0 aromatic carbocycles. The number of rotatable bonds is 11. The van der Waals surface area contributed by atoms with Gasteiger partial charge in [-0.3, -0.25) is 19.3 Å². The summed E-state index contributed by atoms with van der Waals surface area (Å²) in [5.41, 5.74) is 1.79. The topological polar surface area (TPSA) is 137 Å². The first-order chi connectivity index (χ1) is 16.6. The van der Waals surface area contributed by atoms with Crippen molar-refractivity contribution in [2.75, 3.05) is 12.4 Å². The number of nitrogens with zero attached hydrogens (tertiary/aromatic N) is 6. The zero-order valence-electron chi connectivity index (χ0n) is 19.1. The van der Waals surface area contributed by atoms with Gasteiger partial charge in [0.2, 0.25) is 5.91 Å². The fraction of sp³-hybridized carbons (Fsp3) is 0.435. The predicted octanol–water partition coefficient (Wildman–Crippen LogP) is 1.96. The molecule has 0 spiro atoms. The summed E-state index contributed by atoms with van der Waals surface area (Å²) in [4.78, 5) is 28.1. The molecule has 178 valence electrons. The van der Waals surface area contributed by atoms with Crippen LogP contribution in [-0.4, -0.2) is 55.1 Å². The third-order valence-corrected chi connectivity index (χ3v) is 5.54. The van der Waals surface area contributed by atoms with Gasteiger partial charge < -0.3 is 15.4 Å². The standard InChI is InChI=1S/C23H28N8O3/c1-24-23(33)20-15-31(30-28-20)12-3-2-5-16-8-9-21(29-27-16)26-22(32)14-17-13-19(10-11-25-17)34-18-6-4-7-18/h8-11,13,15,18H,2-7,12,14H2,1H3,(H,24,33)(H,26,29,32). The van der Waals surface area contributed by atoms with Crippen molar-refractivity contribution in [3.63, 3.8) is 0 Å². The first-order valence-electron chi connectivity index (χ1n) is 11.5. The Bertz CT molecular complexity index is 1110. The first-order valence-corrected chi connectivity index (χ1v) is 11.5. The summed E-state index contributed by atoms with van der Waals surface area (Å²) >= 11 is 0. The molecule has 1 aliphatic carbocycles. The van der Waals surface area contributed by atoms with E-state index in [0.29, 0.717) is 23.8 Å². The number of aromatic nitrogens is 6. The van der Waals surface area contributed by atoms with Crippen LogP contribution < -0.4 is 15.4 Å². The molecule has 0 saturated heterocycles. The number of amides is 2. The average Bonchev–Trinajstić information content (AvgIpc) is 3.29. The summed E-state index contributed by atoms with van der Waals surface area (Å²) < 4.78 is 7.52. The van der Waals surface area contributed by atoms with E-state index in [4.69, 9.17) is 4.74 Å². The van der Waals surface area contributed by atoms with Crippen molar-refractivity contribution in [2.45, 2.75) is 57.6 Å². The van der Waals surface area contributed by atoms with Crippen molar-refractivity contribution < 1.29 is 14.3 Å². The van der Waals surface area contributed by atoms with Gasteiger partial charge in [0.15, 0.2) is 11.5 Å². The van der Waals surface area contributed by atoms with Gasteiger partial charge in [-0.15, -0.1) is 10.2 Å². The lowest BCUT2D eigenvalue weighted by atomic mass is 9.96.